The van der Waals surface area contributed by atoms with Crippen molar-refractivity contribution in [3.8, 4) is 0 Å². The summed E-state index contributed by atoms with van der Waals surface area (Å²) in [5.74, 6) is -2.15. The summed E-state index contributed by atoms with van der Waals surface area (Å²) in [7, 11) is 1.71. The number of rotatable bonds is 5. The van der Waals surface area contributed by atoms with Gasteiger partial charge >= 0.3 is 5.97 Å². The highest BCUT2D eigenvalue weighted by molar-refractivity contribution is 5.68. The highest BCUT2D eigenvalue weighted by atomic mass is 19.1. The van der Waals surface area contributed by atoms with Crippen molar-refractivity contribution in [2.45, 2.75) is 32.4 Å². The lowest BCUT2D eigenvalue weighted by Gasteiger charge is -2.34. The molecule has 5 heteroatoms. The lowest BCUT2D eigenvalue weighted by molar-refractivity contribution is -0.139. The summed E-state index contributed by atoms with van der Waals surface area (Å²) in [5, 5.41) is 8.80. The highest BCUT2D eigenvalue weighted by Gasteiger charge is 2.27. The zero-order valence-corrected chi connectivity index (χ0v) is 10.7. The zero-order valence-electron chi connectivity index (χ0n) is 10.7. The Morgan fingerprint density at radius 2 is 2.00 bits per heavy atom. The number of carbonyl (C=O) groups is 1. The summed E-state index contributed by atoms with van der Waals surface area (Å²) < 4.78 is 26.2. The van der Waals surface area contributed by atoms with E-state index < -0.39 is 23.1 Å². The molecule has 0 amide bonds. The molecule has 0 bridgehead atoms. The monoisotopic (exact) mass is 257 g/mol. The standard InChI is InChI=1S/C13H17F2NO2/c1-13(2,7-12(17)18)16(3)8-9-4-5-10(14)6-11(9)15/h4-6H,7-8H2,1-3H3,(H,17,18). The largest absolute Gasteiger partial charge is 0.481 e. The molecule has 1 N–H and O–H groups in total. The van der Waals surface area contributed by atoms with E-state index in [0.717, 1.165) is 6.07 Å². The summed E-state index contributed by atoms with van der Waals surface area (Å²) in [6.07, 6.45) is -0.0493. The van der Waals surface area contributed by atoms with Crippen LogP contribution < -0.4 is 0 Å². The van der Waals surface area contributed by atoms with Crippen LogP contribution in [0.15, 0.2) is 18.2 Å². The molecule has 3 nitrogen and oxygen atoms in total. The molecular formula is C13H17F2NO2. The number of halogens is 2. The van der Waals surface area contributed by atoms with Gasteiger partial charge in [-0.3, -0.25) is 9.69 Å². The van der Waals surface area contributed by atoms with Gasteiger partial charge in [0.15, 0.2) is 0 Å². The minimum Gasteiger partial charge on any atom is -0.481 e. The van der Waals surface area contributed by atoms with E-state index in [0.29, 0.717) is 5.56 Å². The average molecular weight is 257 g/mol. The molecule has 100 valence electrons. The van der Waals surface area contributed by atoms with Gasteiger partial charge in [-0.1, -0.05) is 6.07 Å². The Hall–Kier alpha value is -1.49. The first-order valence-electron chi connectivity index (χ1n) is 5.59. The summed E-state index contributed by atoms with van der Waals surface area (Å²) in [5.41, 5.74) is -0.260. The fraction of sp³-hybridized carbons (Fsp3) is 0.462. The maximum atomic E-state index is 13.5. The van der Waals surface area contributed by atoms with Crippen LogP contribution in [-0.4, -0.2) is 28.6 Å². The van der Waals surface area contributed by atoms with Gasteiger partial charge < -0.3 is 5.11 Å². The first-order valence-corrected chi connectivity index (χ1v) is 5.59. The second-order valence-corrected chi connectivity index (χ2v) is 4.97. The van der Waals surface area contributed by atoms with Crippen LogP contribution in [0.3, 0.4) is 0 Å². The molecule has 1 aromatic rings. The molecule has 0 aromatic heterocycles. The summed E-state index contributed by atoms with van der Waals surface area (Å²) in [4.78, 5) is 12.5. The number of carboxylic acids is 1. The minimum atomic E-state index is -0.911. The highest BCUT2D eigenvalue weighted by Crippen LogP contribution is 2.21. The number of carboxylic acid groups (broad SMARTS) is 1. The molecule has 0 fully saturated rings. The van der Waals surface area contributed by atoms with Crippen molar-refractivity contribution in [1.82, 2.24) is 4.90 Å². The molecule has 0 atom stereocenters. The molecule has 0 spiro atoms. The molecule has 0 aliphatic heterocycles. The number of hydrogen-bond donors (Lipinski definition) is 1. The summed E-state index contributed by atoms with van der Waals surface area (Å²) in [6.45, 7) is 3.76. The Bertz CT molecular complexity index is 447. The van der Waals surface area contributed by atoms with E-state index in [1.165, 1.54) is 12.1 Å². The molecule has 0 saturated carbocycles. The van der Waals surface area contributed by atoms with Gasteiger partial charge in [-0.25, -0.2) is 8.78 Å². The van der Waals surface area contributed by atoms with Gasteiger partial charge in [0.2, 0.25) is 0 Å². The van der Waals surface area contributed by atoms with E-state index in [4.69, 9.17) is 5.11 Å². The van der Waals surface area contributed by atoms with E-state index in [-0.39, 0.29) is 13.0 Å². The van der Waals surface area contributed by atoms with Gasteiger partial charge in [-0.05, 0) is 27.0 Å². The molecule has 0 heterocycles. The Morgan fingerprint density at radius 3 is 2.50 bits per heavy atom. The Balaban J connectivity index is 2.80. The molecular weight excluding hydrogens is 240 g/mol. The van der Waals surface area contributed by atoms with E-state index in [1.807, 2.05) is 0 Å². The normalized spacial score (nSPS) is 11.9. The molecule has 0 aliphatic carbocycles. The lowest BCUT2D eigenvalue weighted by Crippen LogP contribution is -2.42. The van der Waals surface area contributed by atoms with Crippen LogP contribution in [0.25, 0.3) is 0 Å². The smallest absolute Gasteiger partial charge is 0.305 e. The van der Waals surface area contributed by atoms with E-state index in [2.05, 4.69) is 0 Å². The third-order valence-electron chi connectivity index (χ3n) is 3.04. The van der Waals surface area contributed by atoms with Gasteiger partial charge in [-0.15, -0.1) is 0 Å². The number of aliphatic carboxylic acids is 1. The topological polar surface area (TPSA) is 40.5 Å². The minimum absolute atomic E-state index is 0.0493. The first-order chi connectivity index (χ1) is 8.22. The summed E-state index contributed by atoms with van der Waals surface area (Å²) >= 11 is 0. The Labute approximate surface area is 105 Å². The third kappa shape index (κ3) is 3.77. The average Bonchev–Trinajstić information content (AvgIpc) is 2.20. The predicted molar refractivity (Wildman–Crippen MR) is 64.2 cm³/mol. The molecule has 0 unspecified atom stereocenters. The van der Waals surface area contributed by atoms with Gasteiger partial charge in [0.25, 0.3) is 0 Å². The maximum absolute atomic E-state index is 13.5. The van der Waals surface area contributed by atoms with Crippen LogP contribution in [0, 0.1) is 11.6 Å². The number of hydrogen-bond acceptors (Lipinski definition) is 2. The summed E-state index contributed by atoms with van der Waals surface area (Å²) in [6, 6.07) is 3.39. The van der Waals surface area contributed by atoms with Gasteiger partial charge in [0.1, 0.15) is 11.6 Å². The van der Waals surface area contributed by atoms with Crippen molar-refractivity contribution >= 4 is 5.97 Å². The molecule has 0 radical (unpaired) electrons. The molecule has 1 rings (SSSR count). The van der Waals surface area contributed by atoms with Crippen molar-refractivity contribution in [3.05, 3.63) is 35.4 Å². The lowest BCUT2D eigenvalue weighted by atomic mass is 9.98. The van der Waals surface area contributed by atoms with Gasteiger partial charge in [-0.2, -0.15) is 0 Å². The van der Waals surface area contributed by atoms with Crippen LogP contribution in [0.5, 0.6) is 0 Å². The predicted octanol–water partition coefficient (Wildman–Crippen LogP) is 2.65. The molecule has 1 aromatic carbocycles. The van der Waals surface area contributed by atoms with Crippen molar-refractivity contribution in [2.24, 2.45) is 0 Å². The SMILES string of the molecule is CN(Cc1ccc(F)cc1F)C(C)(C)CC(=O)O. The van der Waals surface area contributed by atoms with Crippen LogP contribution in [0.1, 0.15) is 25.8 Å². The van der Waals surface area contributed by atoms with Crippen LogP contribution >= 0.6 is 0 Å². The van der Waals surface area contributed by atoms with E-state index >= 15 is 0 Å². The molecule has 0 aliphatic rings. The van der Waals surface area contributed by atoms with Crippen molar-refractivity contribution in [3.63, 3.8) is 0 Å². The van der Waals surface area contributed by atoms with Crippen molar-refractivity contribution in [1.29, 1.82) is 0 Å². The molecule has 0 saturated heterocycles. The third-order valence-corrected chi connectivity index (χ3v) is 3.04. The zero-order chi connectivity index (χ0) is 13.9. The Morgan fingerprint density at radius 1 is 1.39 bits per heavy atom. The van der Waals surface area contributed by atoms with Gasteiger partial charge in [0.05, 0.1) is 6.42 Å². The van der Waals surface area contributed by atoms with Crippen molar-refractivity contribution < 1.29 is 18.7 Å². The quantitative estimate of drug-likeness (QED) is 0.881. The molecule has 18 heavy (non-hydrogen) atoms. The van der Waals surface area contributed by atoms with Crippen LogP contribution in [-0.2, 0) is 11.3 Å². The van der Waals surface area contributed by atoms with E-state index in [1.54, 1.807) is 25.8 Å². The van der Waals surface area contributed by atoms with Crippen LogP contribution in [0.4, 0.5) is 8.78 Å². The van der Waals surface area contributed by atoms with Crippen LogP contribution in [0.2, 0.25) is 0 Å². The second-order valence-electron chi connectivity index (χ2n) is 4.97. The second kappa shape index (κ2) is 5.44. The maximum Gasteiger partial charge on any atom is 0.305 e. The van der Waals surface area contributed by atoms with Gasteiger partial charge in [0, 0.05) is 23.7 Å². The first kappa shape index (κ1) is 14.6. The van der Waals surface area contributed by atoms with E-state index in [9.17, 15) is 13.6 Å². The van der Waals surface area contributed by atoms with Crippen molar-refractivity contribution in [2.75, 3.05) is 7.05 Å². The fourth-order valence-corrected chi connectivity index (χ4v) is 1.62. The number of nitrogens with zero attached hydrogens (tertiary/aromatic N) is 1. The Kier molecular flexibility index (Phi) is 4.40. The number of benzene rings is 1. The fourth-order valence-electron chi connectivity index (χ4n) is 1.62.